The van der Waals surface area contributed by atoms with E-state index >= 15 is 0 Å². The van der Waals surface area contributed by atoms with Crippen LogP contribution in [-0.4, -0.2) is 0 Å². The number of nitriles is 1. The van der Waals surface area contributed by atoms with Crippen molar-refractivity contribution in [1.29, 1.82) is 5.26 Å². The van der Waals surface area contributed by atoms with E-state index in [0.29, 0.717) is 0 Å². The number of rotatable bonds is 3. The van der Waals surface area contributed by atoms with Gasteiger partial charge in [-0.25, -0.2) is 0 Å². The summed E-state index contributed by atoms with van der Waals surface area (Å²) in [4.78, 5) is 0. The number of nitrogens with zero attached hydrogens (tertiary/aromatic N) is 1. The Hall–Kier alpha value is -0.770. The molecule has 0 heterocycles. The first-order valence-corrected chi connectivity index (χ1v) is 3.40. The Morgan fingerprint density at radius 1 is 1.67 bits per heavy atom. The third-order valence-electron chi connectivity index (χ3n) is 1.29. The van der Waals surface area contributed by atoms with Crippen LogP contribution in [0.2, 0.25) is 0 Å². The predicted octanol–water partition coefficient (Wildman–Crippen LogP) is 2.65. The van der Waals surface area contributed by atoms with Crippen molar-refractivity contribution < 1.29 is 0 Å². The number of unbranched alkanes of at least 4 members (excludes halogenated alkanes) is 1. The zero-order chi connectivity index (χ0) is 7.11. The molecule has 0 atom stereocenters. The van der Waals surface area contributed by atoms with E-state index in [1.54, 1.807) is 0 Å². The van der Waals surface area contributed by atoms with Crippen molar-refractivity contribution in [2.24, 2.45) is 0 Å². The summed E-state index contributed by atoms with van der Waals surface area (Å²) in [5, 5.41) is 8.43. The Balaban J connectivity index is 3.49. The van der Waals surface area contributed by atoms with E-state index in [-0.39, 0.29) is 0 Å². The lowest BCUT2D eigenvalue weighted by Gasteiger charge is -1.91. The van der Waals surface area contributed by atoms with Gasteiger partial charge in [0.2, 0.25) is 0 Å². The van der Waals surface area contributed by atoms with Gasteiger partial charge >= 0.3 is 0 Å². The van der Waals surface area contributed by atoms with E-state index in [1.165, 1.54) is 6.42 Å². The standard InChI is InChI=1S/C8H13N/c1-3-5-6-8(4-2)7-9/h4H,3,5-6H2,1-2H3/b8-4-. The molecular weight excluding hydrogens is 110 g/mol. The molecule has 9 heavy (non-hydrogen) atoms. The second-order valence-corrected chi connectivity index (χ2v) is 2.03. The highest BCUT2D eigenvalue weighted by molar-refractivity contribution is 5.18. The molecule has 0 rings (SSSR count). The maximum absolute atomic E-state index is 8.43. The first-order valence-electron chi connectivity index (χ1n) is 3.40. The van der Waals surface area contributed by atoms with Crippen LogP contribution in [0.3, 0.4) is 0 Å². The summed E-state index contributed by atoms with van der Waals surface area (Å²) in [5.74, 6) is 0. The predicted molar refractivity (Wildman–Crippen MR) is 38.9 cm³/mol. The molecule has 0 bridgehead atoms. The van der Waals surface area contributed by atoms with Crippen molar-refractivity contribution >= 4 is 0 Å². The fourth-order valence-electron chi connectivity index (χ4n) is 0.632. The Morgan fingerprint density at radius 2 is 2.33 bits per heavy atom. The monoisotopic (exact) mass is 123 g/mol. The van der Waals surface area contributed by atoms with Gasteiger partial charge in [-0.1, -0.05) is 19.4 Å². The molecule has 0 aliphatic heterocycles. The lowest BCUT2D eigenvalue weighted by molar-refractivity contribution is 0.799. The summed E-state index contributed by atoms with van der Waals surface area (Å²) in [6, 6.07) is 2.15. The second kappa shape index (κ2) is 5.37. The molecule has 0 amide bonds. The average Bonchev–Trinajstić information content (AvgIpc) is 1.91. The molecule has 0 fully saturated rings. The maximum Gasteiger partial charge on any atom is 0.0943 e. The van der Waals surface area contributed by atoms with Gasteiger partial charge in [0, 0.05) is 5.57 Å². The van der Waals surface area contributed by atoms with Crippen LogP contribution in [0.1, 0.15) is 33.1 Å². The lowest BCUT2D eigenvalue weighted by Crippen LogP contribution is -1.77. The molecule has 0 radical (unpaired) electrons. The molecule has 0 unspecified atom stereocenters. The maximum atomic E-state index is 8.43. The van der Waals surface area contributed by atoms with Crippen LogP contribution in [0.25, 0.3) is 0 Å². The smallest absolute Gasteiger partial charge is 0.0943 e. The van der Waals surface area contributed by atoms with Crippen molar-refractivity contribution in [3.8, 4) is 6.07 Å². The Kier molecular flexibility index (Phi) is 4.91. The third kappa shape index (κ3) is 3.78. The highest BCUT2D eigenvalue weighted by atomic mass is 14.2. The van der Waals surface area contributed by atoms with Crippen LogP contribution in [-0.2, 0) is 0 Å². The summed E-state index contributed by atoms with van der Waals surface area (Å²) in [6.45, 7) is 4.04. The second-order valence-electron chi connectivity index (χ2n) is 2.03. The van der Waals surface area contributed by atoms with Crippen LogP contribution in [0.15, 0.2) is 11.6 Å². The van der Waals surface area contributed by atoms with E-state index in [0.717, 1.165) is 18.4 Å². The molecule has 0 aromatic carbocycles. The normalized spacial score (nSPS) is 11.0. The summed E-state index contributed by atoms with van der Waals surface area (Å²) in [7, 11) is 0. The zero-order valence-electron chi connectivity index (χ0n) is 6.15. The summed E-state index contributed by atoms with van der Waals surface area (Å²) < 4.78 is 0. The number of allylic oxidation sites excluding steroid dienone is 2. The zero-order valence-corrected chi connectivity index (χ0v) is 6.15. The van der Waals surface area contributed by atoms with Gasteiger partial charge in [-0.2, -0.15) is 5.26 Å². The van der Waals surface area contributed by atoms with E-state index < -0.39 is 0 Å². The van der Waals surface area contributed by atoms with Crippen molar-refractivity contribution in [2.75, 3.05) is 0 Å². The fraction of sp³-hybridized carbons (Fsp3) is 0.625. The molecule has 0 spiro atoms. The van der Waals surface area contributed by atoms with E-state index in [9.17, 15) is 0 Å². The highest BCUT2D eigenvalue weighted by Crippen LogP contribution is 2.04. The van der Waals surface area contributed by atoms with Crippen LogP contribution in [0.5, 0.6) is 0 Å². The lowest BCUT2D eigenvalue weighted by atomic mass is 10.1. The molecule has 0 aromatic heterocycles. The molecule has 1 heteroatoms. The summed E-state index contributed by atoms with van der Waals surface area (Å²) in [5.41, 5.74) is 0.914. The summed E-state index contributed by atoms with van der Waals surface area (Å²) in [6.07, 6.45) is 5.13. The fourth-order valence-corrected chi connectivity index (χ4v) is 0.632. The van der Waals surface area contributed by atoms with Crippen LogP contribution < -0.4 is 0 Å². The van der Waals surface area contributed by atoms with E-state index in [4.69, 9.17) is 5.26 Å². The van der Waals surface area contributed by atoms with Gasteiger partial charge in [-0.15, -0.1) is 0 Å². The first kappa shape index (κ1) is 8.23. The minimum absolute atomic E-state index is 0.914. The van der Waals surface area contributed by atoms with Crippen LogP contribution >= 0.6 is 0 Å². The molecule has 0 saturated heterocycles. The van der Waals surface area contributed by atoms with Gasteiger partial charge in [0.25, 0.3) is 0 Å². The Morgan fingerprint density at radius 3 is 2.67 bits per heavy atom. The molecule has 0 aliphatic carbocycles. The van der Waals surface area contributed by atoms with Crippen molar-refractivity contribution in [1.82, 2.24) is 0 Å². The largest absolute Gasteiger partial charge is 0.193 e. The first-order chi connectivity index (χ1) is 4.35. The molecule has 1 nitrogen and oxygen atoms in total. The van der Waals surface area contributed by atoms with Gasteiger partial charge in [-0.05, 0) is 19.8 Å². The van der Waals surface area contributed by atoms with Crippen molar-refractivity contribution in [2.45, 2.75) is 33.1 Å². The molecule has 0 aliphatic rings. The van der Waals surface area contributed by atoms with Gasteiger partial charge in [0.05, 0.1) is 6.07 Å². The molecule has 0 aromatic rings. The van der Waals surface area contributed by atoms with Crippen molar-refractivity contribution in [3.63, 3.8) is 0 Å². The Labute approximate surface area is 57.0 Å². The van der Waals surface area contributed by atoms with Crippen LogP contribution in [0.4, 0.5) is 0 Å². The third-order valence-corrected chi connectivity index (χ3v) is 1.29. The molecule has 0 saturated carbocycles. The number of hydrogen-bond acceptors (Lipinski definition) is 1. The highest BCUT2D eigenvalue weighted by Gasteiger charge is 1.89. The van der Waals surface area contributed by atoms with Gasteiger partial charge in [0.15, 0.2) is 0 Å². The molecule has 0 N–H and O–H groups in total. The van der Waals surface area contributed by atoms with E-state index in [2.05, 4.69) is 13.0 Å². The summed E-state index contributed by atoms with van der Waals surface area (Å²) >= 11 is 0. The average molecular weight is 123 g/mol. The SMILES string of the molecule is C/C=C(\C#N)CCCC. The number of hydrogen-bond donors (Lipinski definition) is 0. The van der Waals surface area contributed by atoms with Gasteiger partial charge in [0.1, 0.15) is 0 Å². The molecular formula is C8H13N. The van der Waals surface area contributed by atoms with Crippen molar-refractivity contribution in [3.05, 3.63) is 11.6 Å². The topological polar surface area (TPSA) is 23.8 Å². The Bertz CT molecular complexity index is 128. The minimum atomic E-state index is 0.914. The molecule has 50 valence electrons. The van der Waals surface area contributed by atoms with Gasteiger partial charge in [-0.3, -0.25) is 0 Å². The quantitative estimate of drug-likeness (QED) is 0.529. The van der Waals surface area contributed by atoms with Crippen LogP contribution in [0, 0.1) is 11.3 Å². The minimum Gasteiger partial charge on any atom is -0.193 e. The van der Waals surface area contributed by atoms with E-state index in [1.807, 2.05) is 13.0 Å². The van der Waals surface area contributed by atoms with Gasteiger partial charge < -0.3 is 0 Å².